The predicted octanol–water partition coefficient (Wildman–Crippen LogP) is 1.73. The van der Waals surface area contributed by atoms with Crippen LogP contribution in [0.2, 0.25) is 0 Å². The average Bonchev–Trinajstić information content (AvgIpc) is 2.18. The van der Waals surface area contributed by atoms with Crippen molar-refractivity contribution in [2.75, 3.05) is 6.54 Å². The first-order valence-electron chi connectivity index (χ1n) is 5.88. The van der Waals surface area contributed by atoms with Crippen molar-refractivity contribution in [2.24, 2.45) is 5.73 Å². The third-order valence-electron chi connectivity index (χ3n) is 2.66. The molecular formula is C12H22N2O. The average molecular weight is 210 g/mol. The van der Waals surface area contributed by atoms with Gasteiger partial charge in [0.15, 0.2) is 0 Å². The Morgan fingerprint density at radius 2 is 2.40 bits per heavy atom. The van der Waals surface area contributed by atoms with Gasteiger partial charge >= 0.3 is 0 Å². The molecule has 0 aromatic rings. The number of nitrogens with two attached hydrogens (primary N) is 1. The normalized spacial score (nSPS) is 18.1. The fraction of sp³-hybridized carbons (Fsp3) is 0.750. The fourth-order valence-corrected chi connectivity index (χ4v) is 1.86. The van der Waals surface area contributed by atoms with Crippen LogP contribution in [0.15, 0.2) is 11.6 Å². The lowest BCUT2D eigenvalue weighted by Crippen LogP contribution is -2.30. The van der Waals surface area contributed by atoms with Crippen LogP contribution in [0.4, 0.5) is 0 Å². The highest BCUT2D eigenvalue weighted by Crippen LogP contribution is 2.19. The Hall–Kier alpha value is -0.830. The molecular weight excluding hydrogens is 188 g/mol. The number of rotatable bonds is 5. The molecule has 0 bridgehead atoms. The molecule has 0 fully saturated rings. The van der Waals surface area contributed by atoms with Crippen LogP contribution in [0.5, 0.6) is 0 Å². The van der Waals surface area contributed by atoms with E-state index in [0.29, 0.717) is 6.42 Å². The first-order valence-corrected chi connectivity index (χ1v) is 5.88. The second-order valence-electron chi connectivity index (χ2n) is 4.39. The van der Waals surface area contributed by atoms with Crippen molar-refractivity contribution >= 4 is 5.91 Å². The van der Waals surface area contributed by atoms with E-state index in [2.05, 4.69) is 11.4 Å². The van der Waals surface area contributed by atoms with Crippen molar-refractivity contribution < 1.29 is 4.79 Å². The Morgan fingerprint density at radius 3 is 3.00 bits per heavy atom. The van der Waals surface area contributed by atoms with Crippen molar-refractivity contribution in [2.45, 2.75) is 51.5 Å². The molecule has 0 radical (unpaired) electrons. The van der Waals surface area contributed by atoms with Crippen LogP contribution >= 0.6 is 0 Å². The maximum Gasteiger partial charge on any atom is 0.221 e. The lowest BCUT2D eigenvalue weighted by Gasteiger charge is -2.13. The van der Waals surface area contributed by atoms with Crippen molar-refractivity contribution in [3.05, 3.63) is 11.6 Å². The quantitative estimate of drug-likeness (QED) is 0.679. The summed E-state index contributed by atoms with van der Waals surface area (Å²) in [6, 6.07) is -0.0427. The fourth-order valence-electron chi connectivity index (χ4n) is 1.86. The third-order valence-corrected chi connectivity index (χ3v) is 2.66. The van der Waals surface area contributed by atoms with Gasteiger partial charge in [-0.1, -0.05) is 11.6 Å². The summed E-state index contributed by atoms with van der Waals surface area (Å²) in [7, 11) is 0. The Labute approximate surface area is 92.1 Å². The van der Waals surface area contributed by atoms with Gasteiger partial charge in [-0.05, 0) is 39.0 Å². The van der Waals surface area contributed by atoms with Crippen LogP contribution < -0.4 is 11.1 Å². The molecule has 0 heterocycles. The molecule has 1 aliphatic carbocycles. The number of amides is 1. The first kappa shape index (κ1) is 12.2. The predicted molar refractivity (Wildman–Crippen MR) is 62.4 cm³/mol. The zero-order chi connectivity index (χ0) is 11.1. The van der Waals surface area contributed by atoms with Crippen molar-refractivity contribution in [3.63, 3.8) is 0 Å². The van der Waals surface area contributed by atoms with Gasteiger partial charge in [0.25, 0.3) is 0 Å². The summed E-state index contributed by atoms with van der Waals surface area (Å²) in [6.07, 6.45) is 8.80. The maximum absolute atomic E-state index is 11.3. The van der Waals surface area contributed by atoms with Gasteiger partial charge in [0.05, 0.1) is 0 Å². The molecule has 0 aromatic heterocycles. The summed E-state index contributed by atoms with van der Waals surface area (Å²) in [5, 5.41) is 2.90. The van der Waals surface area contributed by atoms with Gasteiger partial charge in [0.1, 0.15) is 0 Å². The number of carbonyl (C=O) groups excluding carboxylic acids is 1. The van der Waals surface area contributed by atoms with Gasteiger partial charge in [-0.15, -0.1) is 0 Å². The van der Waals surface area contributed by atoms with E-state index in [0.717, 1.165) is 13.0 Å². The van der Waals surface area contributed by atoms with Crippen LogP contribution in [0.25, 0.3) is 0 Å². The monoisotopic (exact) mass is 210 g/mol. The first-order chi connectivity index (χ1) is 7.18. The zero-order valence-electron chi connectivity index (χ0n) is 9.59. The number of hydrogen-bond acceptors (Lipinski definition) is 2. The van der Waals surface area contributed by atoms with Gasteiger partial charge in [-0.25, -0.2) is 0 Å². The maximum atomic E-state index is 11.3. The van der Waals surface area contributed by atoms with Gasteiger partial charge < -0.3 is 11.1 Å². The van der Waals surface area contributed by atoms with Gasteiger partial charge in [0, 0.05) is 19.0 Å². The van der Waals surface area contributed by atoms with Crippen molar-refractivity contribution in [1.29, 1.82) is 0 Å². The molecule has 1 atom stereocenters. The van der Waals surface area contributed by atoms with Crippen molar-refractivity contribution in [3.8, 4) is 0 Å². The Kier molecular flexibility index (Phi) is 5.40. The number of hydrogen-bond donors (Lipinski definition) is 2. The van der Waals surface area contributed by atoms with E-state index in [-0.39, 0.29) is 11.9 Å². The second-order valence-corrected chi connectivity index (χ2v) is 4.39. The van der Waals surface area contributed by atoms with Crippen LogP contribution in [0.1, 0.15) is 45.4 Å². The highest BCUT2D eigenvalue weighted by atomic mass is 16.1. The lowest BCUT2D eigenvalue weighted by molar-refractivity contribution is -0.121. The Balaban J connectivity index is 2.10. The molecule has 1 rings (SSSR count). The van der Waals surface area contributed by atoms with E-state index < -0.39 is 0 Å². The minimum Gasteiger partial charge on any atom is -0.356 e. The summed E-state index contributed by atoms with van der Waals surface area (Å²) in [5.41, 5.74) is 7.04. The van der Waals surface area contributed by atoms with Crippen LogP contribution in [0, 0.1) is 0 Å². The molecule has 86 valence electrons. The summed E-state index contributed by atoms with van der Waals surface area (Å²) >= 11 is 0. The topological polar surface area (TPSA) is 55.1 Å². The molecule has 1 aliphatic rings. The third kappa shape index (κ3) is 5.57. The molecule has 1 unspecified atom stereocenters. The van der Waals surface area contributed by atoms with Crippen LogP contribution in [0.3, 0.4) is 0 Å². The minimum absolute atomic E-state index is 0.0427. The molecule has 15 heavy (non-hydrogen) atoms. The molecule has 3 heteroatoms. The van der Waals surface area contributed by atoms with E-state index in [4.69, 9.17) is 5.73 Å². The summed E-state index contributed by atoms with van der Waals surface area (Å²) < 4.78 is 0. The summed E-state index contributed by atoms with van der Waals surface area (Å²) in [6.45, 7) is 2.61. The van der Waals surface area contributed by atoms with Crippen LogP contribution in [-0.4, -0.2) is 18.5 Å². The lowest BCUT2D eigenvalue weighted by atomic mass is 9.97. The molecule has 0 saturated carbocycles. The van der Waals surface area contributed by atoms with Crippen LogP contribution in [-0.2, 0) is 4.79 Å². The molecule has 3 N–H and O–H groups in total. The van der Waals surface area contributed by atoms with E-state index in [1.165, 1.54) is 31.3 Å². The van der Waals surface area contributed by atoms with Gasteiger partial charge in [-0.3, -0.25) is 4.79 Å². The molecule has 3 nitrogen and oxygen atoms in total. The number of allylic oxidation sites excluding steroid dienone is 1. The minimum atomic E-state index is -0.0427. The van der Waals surface area contributed by atoms with E-state index in [1.54, 1.807) is 0 Å². The second kappa shape index (κ2) is 6.62. The van der Waals surface area contributed by atoms with Gasteiger partial charge in [-0.2, -0.15) is 0 Å². The van der Waals surface area contributed by atoms with E-state index >= 15 is 0 Å². The van der Waals surface area contributed by atoms with Gasteiger partial charge in [0.2, 0.25) is 5.91 Å². The number of nitrogens with one attached hydrogen (secondary N) is 1. The Morgan fingerprint density at radius 1 is 1.60 bits per heavy atom. The highest BCUT2D eigenvalue weighted by molar-refractivity contribution is 5.76. The zero-order valence-corrected chi connectivity index (χ0v) is 9.59. The molecule has 0 spiro atoms. The Bertz CT molecular complexity index is 234. The summed E-state index contributed by atoms with van der Waals surface area (Å²) in [5.74, 6) is 0.0707. The molecule has 0 saturated heterocycles. The van der Waals surface area contributed by atoms with Crippen molar-refractivity contribution in [1.82, 2.24) is 5.32 Å². The molecule has 1 amide bonds. The molecule has 0 aromatic carbocycles. The van der Waals surface area contributed by atoms with E-state index in [1.807, 2.05) is 6.92 Å². The summed E-state index contributed by atoms with van der Waals surface area (Å²) in [4.78, 5) is 11.3. The number of carbonyl (C=O) groups is 1. The largest absolute Gasteiger partial charge is 0.356 e. The molecule has 0 aliphatic heterocycles. The smallest absolute Gasteiger partial charge is 0.221 e. The SMILES string of the molecule is CC(N)CC(=O)NCCC1=CCCCC1. The highest BCUT2D eigenvalue weighted by Gasteiger charge is 2.06. The van der Waals surface area contributed by atoms with E-state index in [9.17, 15) is 4.79 Å². The standard InChI is InChI=1S/C12H22N2O/c1-10(13)9-12(15)14-8-7-11-5-3-2-4-6-11/h5,10H,2-4,6-9,13H2,1H3,(H,14,15).